The number of carbonyl (C=O) groups is 1. The molecule has 21 heavy (non-hydrogen) atoms. The fraction of sp³-hybridized carbons (Fsp3) is 0.211. The number of carboxylic acid groups (broad SMARTS) is 1. The number of rotatable bonds is 6. The first kappa shape index (κ1) is 15.0. The van der Waals surface area contributed by atoms with Gasteiger partial charge in [0.05, 0.1) is 5.57 Å². The average molecular weight is 280 g/mol. The second-order valence-electron chi connectivity index (χ2n) is 4.99. The molecule has 0 saturated heterocycles. The van der Waals surface area contributed by atoms with Crippen molar-refractivity contribution in [3.05, 3.63) is 71.8 Å². The van der Waals surface area contributed by atoms with Crippen molar-refractivity contribution in [1.29, 1.82) is 0 Å². The monoisotopic (exact) mass is 280 g/mol. The summed E-state index contributed by atoms with van der Waals surface area (Å²) in [5.74, 6) is -0.865. The SMILES string of the molecule is CCCCC(=C(C(=O)O)c1ccccc1)c1ccccc1. The molecule has 2 nitrogen and oxygen atoms in total. The van der Waals surface area contributed by atoms with Crippen LogP contribution in [0.4, 0.5) is 0 Å². The molecule has 2 aromatic rings. The summed E-state index contributed by atoms with van der Waals surface area (Å²) >= 11 is 0. The number of hydrogen-bond acceptors (Lipinski definition) is 1. The summed E-state index contributed by atoms with van der Waals surface area (Å²) in [4.78, 5) is 11.8. The van der Waals surface area contributed by atoms with Crippen molar-refractivity contribution in [1.82, 2.24) is 0 Å². The van der Waals surface area contributed by atoms with Crippen LogP contribution in [0.3, 0.4) is 0 Å². The minimum Gasteiger partial charge on any atom is -0.478 e. The van der Waals surface area contributed by atoms with Crippen LogP contribution < -0.4 is 0 Å². The van der Waals surface area contributed by atoms with E-state index in [4.69, 9.17) is 0 Å². The van der Waals surface area contributed by atoms with Crippen molar-refractivity contribution >= 4 is 17.1 Å². The van der Waals surface area contributed by atoms with Gasteiger partial charge in [0.2, 0.25) is 0 Å². The van der Waals surface area contributed by atoms with Crippen LogP contribution in [0.2, 0.25) is 0 Å². The molecule has 0 aliphatic carbocycles. The Labute approximate surface area is 125 Å². The highest BCUT2D eigenvalue weighted by atomic mass is 16.4. The van der Waals surface area contributed by atoms with Crippen molar-refractivity contribution in [2.24, 2.45) is 0 Å². The van der Waals surface area contributed by atoms with E-state index in [1.165, 1.54) is 0 Å². The number of hydrogen-bond donors (Lipinski definition) is 1. The maximum Gasteiger partial charge on any atom is 0.336 e. The Bertz CT molecular complexity index is 613. The molecule has 0 aliphatic rings. The van der Waals surface area contributed by atoms with Gasteiger partial charge in [0.15, 0.2) is 0 Å². The topological polar surface area (TPSA) is 37.3 Å². The van der Waals surface area contributed by atoms with Crippen LogP contribution in [0.5, 0.6) is 0 Å². The second-order valence-corrected chi connectivity index (χ2v) is 4.99. The lowest BCUT2D eigenvalue weighted by atomic mass is 9.91. The number of carboxylic acids is 1. The van der Waals surface area contributed by atoms with Gasteiger partial charge in [-0.3, -0.25) is 0 Å². The quantitative estimate of drug-likeness (QED) is 0.605. The highest BCUT2D eigenvalue weighted by Gasteiger charge is 2.17. The van der Waals surface area contributed by atoms with E-state index in [2.05, 4.69) is 6.92 Å². The minimum absolute atomic E-state index is 0.412. The van der Waals surface area contributed by atoms with Gasteiger partial charge in [-0.05, 0) is 29.5 Å². The molecule has 2 rings (SSSR count). The average Bonchev–Trinajstić information content (AvgIpc) is 2.52. The van der Waals surface area contributed by atoms with E-state index < -0.39 is 5.97 Å². The fourth-order valence-corrected chi connectivity index (χ4v) is 2.44. The minimum atomic E-state index is -0.865. The first-order valence-corrected chi connectivity index (χ1v) is 7.31. The highest BCUT2D eigenvalue weighted by Crippen LogP contribution is 2.30. The molecule has 0 amide bonds. The van der Waals surface area contributed by atoms with Crippen molar-refractivity contribution in [2.45, 2.75) is 26.2 Å². The Kier molecular flexibility index (Phi) is 5.33. The van der Waals surface area contributed by atoms with E-state index in [1.807, 2.05) is 60.7 Å². The molecule has 2 heteroatoms. The summed E-state index contributed by atoms with van der Waals surface area (Å²) in [6, 6.07) is 19.2. The van der Waals surface area contributed by atoms with Gasteiger partial charge in [-0.2, -0.15) is 0 Å². The Balaban J connectivity index is 2.59. The molecule has 0 aliphatic heterocycles. The third kappa shape index (κ3) is 3.82. The zero-order valence-corrected chi connectivity index (χ0v) is 12.3. The first-order valence-electron chi connectivity index (χ1n) is 7.31. The van der Waals surface area contributed by atoms with Crippen molar-refractivity contribution in [2.75, 3.05) is 0 Å². The summed E-state index contributed by atoms with van der Waals surface area (Å²) < 4.78 is 0. The van der Waals surface area contributed by atoms with E-state index in [-0.39, 0.29) is 0 Å². The van der Waals surface area contributed by atoms with E-state index in [0.29, 0.717) is 5.57 Å². The first-order chi connectivity index (χ1) is 10.2. The zero-order valence-electron chi connectivity index (χ0n) is 12.3. The van der Waals surface area contributed by atoms with Gasteiger partial charge in [0.25, 0.3) is 0 Å². The molecule has 0 aromatic heterocycles. The van der Waals surface area contributed by atoms with Gasteiger partial charge in [-0.15, -0.1) is 0 Å². The van der Waals surface area contributed by atoms with Crippen molar-refractivity contribution in [3.63, 3.8) is 0 Å². The van der Waals surface area contributed by atoms with Gasteiger partial charge >= 0.3 is 5.97 Å². The fourth-order valence-electron chi connectivity index (χ4n) is 2.44. The highest BCUT2D eigenvalue weighted by molar-refractivity contribution is 6.23. The standard InChI is InChI=1S/C19H20O2/c1-2-3-14-17(15-10-6-4-7-11-15)18(19(20)21)16-12-8-5-9-13-16/h4-13H,2-3,14H2,1H3,(H,20,21). The van der Waals surface area contributed by atoms with Gasteiger partial charge in [0, 0.05) is 0 Å². The second kappa shape index (κ2) is 7.44. The van der Waals surface area contributed by atoms with Gasteiger partial charge in [0.1, 0.15) is 0 Å². The summed E-state index contributed by atoms with van der Waals surface area (Å²) in [6.07, 6.45) is 2.79. The molecular weight excluding hydrogens is 260 g/mol. The lowest BCUT2D eigenvalue weighted by Gasteiger charge is -2.13. The third-order valence-electron chi connectivity index (χ3n) is 3.48. The lowest BCUT2D eigenvalue weighted by Crippen LogP contribution is -2.04. The molecule has 0 unspecified atom stereocenters. The van der Waals surface area contributed by atoms with Crippen LogP contribution in [0.15, 0.2) is 60.7 Å². The van der Waals surface area contributed by atoms with Crippen LogP contribution in [-0.4, -0.2) is 11.1 Å². The van der Waals surface area contributed by atoms with Gasteiger partial charge < -0.3 is 5.11 Å². The smallest absolute Gasteiger partial charge is 0.336 e. The molecule has 0 atom stereocenters. The summed E-state index contributed by atoms with van der Waals surface area (Å²) in [6.45, 7) is 2.12. The Hall–Kier alpha value is -2.35. The summed E-state index contributed by atoms with van der Waals surface area (Å²) in [5.41, 5.74) is 3.08. The Morgan fingerprint density at radius 2 is 1.43 bits per heavy atom. The molecule has 2 aromatic carbocycles. The van der Waals surface area contributed by atoms with E-state index in [1.54, 1.807) is 0 Å². The molecule has 0 heterocycles. The Morgan fingerprint density at radius 1 is 0.905 bits per heavy atom. The lowest BCUT2D eigenvalue weighted by molar-refractivity contribution is -0.130. The van der Waals surface area contributed by atoms with Crippen LogP contribution in [-0.2, 0) is 4.79 Å². The maximum atomic E-state index is 11.8. The number of benzene rings is 2. The van der Waals surface area contributed by atoms with Crippen LogP contribution in [0.1, 0.15) is 37.3 Å². The normalized spacial score (nSPS) is 11.9. The van der Waals surface area contributed by atoms with Crippen molar-refractivity contribution < 1.29 is 9.90 Å². The molecular formula is C19H20O2. The van der Waals surface area contributed by atoms with Crippen LogP contribution in [0, 0.1) is 0 Å². The molecule has 0 bridgehead atoms. The Morgan fingerprint density at radius 3 is 1.90 bits per heavy atom. The molecule has 108 valence electrons. The van der Waals surface area contributed by atoms with Crippen LogP contribution in [0.25, 0.3) is 11.1 Å². The zero-order chi connectivity index (χ0) is 15.1. The van der Waals surface area contributed by atoms with Gasteiger partial charge in [-0.1, -0.05) is 74.0 Å². The molecule has 0 spiro atoms. The van der Waals surface area contributed by atoms with E-state index in [9.17, 15) is 9.90 Å². The summed E-state index contributed by atoms with van der Waals surface area (Å²) in [7, 11) is 0. The van der Waals surface area contributed by atoms with E-state index >= 15 is 0 Å². The molecule has 0 saturated carbocycles. The predicted molar refractivity (Wildman–Crippen MR) is 86.9 cm³/mol. The largest absolute Gasteiger partial charge is 0.478 e. The number of aliphatic carboxylic acids is 1. The predicted octanol–water partition coefficient (Wildman–Crippen LogP) is 4.87. The van der Waals surface area contributed by atoms with E-state index in [0.717, 1.165) is 36.0 Å². The maximum absolute atomic E-state index is 11.8. The number of unbranched alkanes of at least 4 members (excludes halogenated alkanes) is 1. The third-order valence-corrected chi connectivity index (χ3v) is 3.48. The molecule has 0 fully saturated rings. The number of allylic oxidation sites excluding steroid dienone is 1. The summed E-state index contributed by atoms with van der Waals surface area (Å²) in [5, 5.41) is 9.70. The molecule has 0 radical (unpaired) electrons. The molecule has 1 N–H and O–H groups in total. The van der Waals surface area contributed by atoms with Crippen LogP contribution >= 0.6 is 0 Å². The van der Waals surface area contributed by atoms with Gasteiger partial charge in [-0.25, -0.2) is 4.79 Å². The van der Waals surface area contributed by atoms with Crippen molar-refractivity contribution in [3.8, 4) is 0 Å².